The number of hydrogen-bond acceptors (Lipinski definition) is 1. The zero-order valence-electron chi connectivity index (χ0n) is 19.2. The van der Waals surface area contributed by atoms with Crippen molar-refractivity contribution in [3.8, 4) is 5.69 Å². The Bertz CT molecular complexity index is 1590. The Morgan fingerprint density at radius 3 is 2.24 bits per heavy atom. The summed E-state index contributed by atoms with van der Waals surface area (Å²) < 4.78 is 2.29. The van der Waals surface area contributed by atoms with Crippen LogP contribution >= 0.6 is 0 Å². The molecule has 3 heteroatoms. The van der Waals surface area contributed by atoms with Gasteiger partial charge < -0.3 is 4.57 Å². The van der Waals surface area contributed by atoms with Crippen LogP contribution in [0, 0.1) is 13.8 Å². The second kappa shape index (κ2) is 7.89. The predicted molar refractivity (Wildman–Crippen MR) is 141 cm³/mol. The van der Waals surface area contributed by atoms with Crippen LogP contribution in [-0.2, 0) is 4.79 Å². The summed E-state index contributed by atoms with van der Waals surface area (Å²) in [5, 5.41) is 2.43. The Morgan fingerprint density at radius 2 is 1.38 bits per heavy atom. The number of amides is 1. The van der Waals surface area contributed by atoms with Crippen molar-refractivity contribution in [3.05, 3.63) is 126 Å². The molecule has 1 aromatic heterocycles. The number of nitrogens with zero attached hydrogens (tertiary/aromatic N) is 2. The molecule has 0 fully saturated rings. The lowest BCUT2D eigenvalue weighted by Crippen LogP contribution is -2.20. The smallest absolute Gasteiger partial charge is 0.263 e. The van der Waals surface area contributed by atoms with Crippen LogP contribution in [0.4, 0.5) is 11.4 Å². The minimum absolute atomic E-state index is 0.00219. The van der Waals surface area contributed by atoms with Crippen LogP contribution < -0.4 is 4.90 Å². The van der Waals surface area contributed by atoms with E-state index in [9.17, 15) is 4.79 Å². The van der Waals surface area contributed by atoms with Gasteiger partial charge in [-0.2, -0.15) is 0 Å². The molecule has 1 amide bonds. The highest BCUT2D eigenvalue weighted by molar-refractivity contribution is 6.38. The van der Waals surface area contributed by atoms with Gasteiger partial charge in [0.05, 0.1) is 16.9 Å². The molecule has 3 nitrogen and oxygen atoms in total. The minimum atomic E-state index is 0.00219. The van der Waals surface area contributed by atoms with Crippen molar-refractivity contribution in [2.24, 2.45) is 0 Å². The number of aryl methyl sites for hydroxylation is 1. The molecule has 0 N–H and O–H groups in total. The Labute approximate surface area is 199 Å². The van der Waals surface area contributed by atoms with Gasteiger partial charge in [-0.3, -0.25) is 9.69 Å². The van der Waals surface area contributed by atoms with Crippen LogP contribution in [0.3, 0.4) is 0 Å². The predicted octanol–water partition coefficient (Wildman–Crippen LogP) is 7.47. The van der Waals surface area contributed by atoms with E-state index in [-0.39, 0.29) is 5.91 Å². The second-order valence-electron chi connectivity index (χ2n) is 8.71. The quantitative estimate of drug-likeness (QED) is 0.267. The molecular weight excluding hydrogens is 416 g/mol. The van der Waals surface area contributed by atoms with Crippen LogP contribution in [-0.4, -0.2) is 10.5 Å². The summed E-state index contributed by atoms with van der Waals surface area (Å²) in [5.74, 6) is 0.00219. The van der Waals surface area contributed by atoms with Crippen molar-refractivity contribution in [2.75, 3.05) is 4.90 Å². The van der Waals surface area contributed by atoms with Crippen LogP contribution in [0.1, 0.15) is 22.5 Å². The maximum absolute atomic E-state index is 13.7. The molecule has 1 aliphatic heterocycles. The molecule has 0 radical (unpaired) electrons. The first-order valence-electron chi connectivity index (χ1n) is 11.5. The first kappa shape index (κ1) is 20.3. The van der Waals surface area contributed by atoms with Crippen molar-refractivity contribution >= 4 is 39.7 Å². The van der Waals surface area contributed by atoms with E-state index in [1.165, 1.54) is 10.8 Å². The van der Waals surface area contributed by atoms with E-state index in [1.54, 1.807) is 0 Å². The van der Waals surface area contributed by atoms with Crippen molar-refractivity contribution in [2.45, 2.75) is 13.8 Å². The molecule has 34 heavy (non-hydrogen) atoms. The van der Waals surface area contributed by atoms with E-state index < -0.39 is 0 Å². The lowest BCUT2D eigenvalue weighted by molar-refractivity contribution is -0.112. The molecule has 0 aliphatic carbocycles. The summed E-state index contributed by atoms with van der Waals surface area (Å²) >= 11 is 0. The molecule has 0 spiro atoms. The van der Waals surface area contributed by atoms with Crippen molar-refractivity contribution < 1.29 is 4.79 Å². The largest absolute Gasteiger partial charge is 0.317 e. The average Bonchev–Trinajstić information content (AvgIpc) is 3.31. The van der Waals surface area contributed by atoms with Gasteiger partial charge in [-0.05, 0) is 61.2 Å². The van der Waals surface area contributed by atoms with E-state index in [2.05, 4.69) is 66.9 Å². The highest BCUT2D eigenvalue weighted by atomic mass is 16.2. The average molecular weight is 441 g/mol. The number of hydrogen-bond donors (Lipinski definition) is 0. The molecule has 4 aromatic carbocycles. The van der Waals surface area contributed by atoms with Gasteiger partial charge >= 0.3 is 0 Å². The maximum Gasteiger partial charge on any atom is 0.263 e. The summed E-state index contributed by atoms with van der Waals surface area (Å²) in [5.41, 5.74) is 7.95. The van der Waals surface area contributed by atoms with Crippen LogP contribution in [0.15, 0.2) is 103 Å². The van der Waals surface area contributed by atoms with E-state index >= 15 is 0 Å². The number of anilines is 2. The number of carbonyl (C=O) groups excluding carboxylic acids is 1. The fraction of sp³-hybridized carbons (Fsp3) is 0.0645. The Morgan fingerprint density at radius 1 is 0.706 bits per heavy atom. The highest BCUT2D eigenvalue weighted by Crippen LogP contribution is 2.42. The summed E-state index contributed by atoms with van der Waals surface area (Å²) in [6.45, 7) is 4.25. The van der Waals surface area contributed by atoms with Crippen LogP contribution in [0.2, 0.25) is 0 Å². The molecule has 5 aromatic rings. The molecule has 2 heterocycles. The first-order valence-corrected chi connectivity index (χ1v) is 11.5. The van der Waals surface area contributed by atoms with Gasteiger partial charge in [-0.15, -0.1) is 0 Å². The summed E-state index contributed by atoms with van der Waals surface area (Å²) in [4.78, 5) is 15.5. The number of benzene rings is 4. The third kappa shape index (κ3) is 3.09. The molecule has 1 aliphatic rings. The van der Waals surface area contributed by atoms with E-state index in [4.69, 9.17) is 0 Å². The van der Waals surface area contributed by atoms with Gasteiger partial charge in [0.15, 0.2) is 0 Å². The fourth-order valence-corrected chi connectivity index (χ4v) is 5.08. The van der Waals surface area contributed by atoms with Crippen molar-refractivity contribution in [1.82, 2.24) is 4.57 Å². The number of para-hydroxylation sites is 2. The Balaban J connectivity index is 1.50. The van der Waals surface area contributed by atoms with E-state index in [0.717, 1.165) is 45.2 Å². The zero-order valence-corrected chi connectivity index (χ0v) is 19.2. The Hall–Kier alpha value is -4.37. The van der Waals surface area contributed by atoms with E-state index in [1.807, 2.05) is 65.6 Å². The lowest BCUT2D eigenvalue weighted by Gasteiger charge is -2.16. The normalized spacial score (nSPS) is 14.2. The SMILES string of the molecule is Cc1cc(/C=C2/C(=O)N(c3ccccc3)c3ccccc32)c(C)n1-c1cccc2ccccc12. The number of fused-ring (bicyclic) bond motifs is 2. The molecule has 164 valence electrons. The molecule has 0 bridgehead atoms. The molecule has 0 unspecified atom stereocenters. The number of aromatic nitrogens is 1. The number of carbonyl (C=O) groups is 1. The van der Waals surface area contributed by atoms with Gasteiger partial charge in [0.1, 0.15) is 0 Å². The number of rotatable bonds is 3. The second-order valence-corrected chi connectivity index (χ2v) is 8.71. The van der Waals surface area contributed by atoms with Gasteiger partial charge in [0.2, 0.25) is 0 Å². The molecule has 0 atom stereocenters. The molecule has 0 saturated carbocycles. The van der Waals surface area contributed by atoms with Crippen LogP contribution in [0.25, 0.3) is 28.1 Å². The summed E-state index contributed by atoms with van der Waals surface area (Å²) in [6.07, 6.45) is 2.05. The van der Waals surface area contributed by atoms with Crippen molar-refractivity contribution in [3.63, 3.8) is 0 Å². The standard InChI is InChI=1S/C31H24N2O/c1-21-19-24(22(2)32(21)29-18-10-12-23-11-6-7-15-26(23)29)20-28-27-16-8-9-17-30(27)33(31(28)34)25-13-4-3-5-14-25/h3-20H,1-2H3/b28-20+. The molecule has 0 saturated heterocycles. The summed E-state index contributed by atoms with van der Waals surface area (Å²) in [6, 6.07) is 34.9. The third-order valence-electron chi connectivity index (χ3n) is 6.66. The third-order valence-corrected chi connectivity index (χ3v) is 6.66. The van der Waals surface area contributed by atoms with E-state index in [0.29, 0.717) is 0 Å². The summed E-state index contributed by atoms with van der Waals surface area (Å²) in [7, 11) is 0. The molecular formula is C31H24N2O. The van der Waals surface area contributed by atoms with Crippen LogP contribution in [0.5, 0.6) is 0 Å². The molecule has 6 rings (SSSR count). The Kier molecular flexibility index (Phi) is 4.70. The van der Waals surface area contributed by atoms with Gasteiger partial charge in [-0.25, -0.2) is 0 Å². The maximum atomic E-state index is 13.7. The van der Waals surface area contributed by atoms with Gasteiger partial charge in [-0.1, -0.05) is 72.8 Å². The fourth-order valence-electron chi connectivity index (χ4n) is 5.08. The first-order chi connectivity index (χ1) is 16.6. The topological polar surface area (TPSA) is 25.2 Å². The monoisotopic (exact) mass is 440 g/mol. The van der Waals surface area contributed by atoms with Crippen molar-refractivity contribution in [1.29, 1.82) is 0 Å². The highest BCUT2D eigenvalue weighted by Gasteiger charge is 2.33. The van der Waals surface area contributed by atoms with Gasteiger partial charge in [0.25, 0.3) is 5.91 Å². The minimum Gasteiger partial charge on any atom is -0.317 e. The van der Waals surface area contributed by atoms with Gasteiger partial charge in [0, 0.05) is 28.0 Å². The zero-order chi connectivity index (χ0) is 23.2. The lowest BCUT2D eigenvalue weighted by atomic mass is 10.0.